The lowest BCUT2D eigenvalue weighted by Crippen LogP contribution is -2.51. The largest absolute Gasteiger partial charge is 0.482 e. The van der Waals surface area contributed by atoms with E-state index in [9.17, 15) is 17.6 Å². The van der Waals surface area contributed by atoms with Crippen LogP contribution in [-0.4, -0.2) is 50.3 Å². The molecule has 8 heteroatoms. The van der Waals surface area contributed by atoms with Gasteiger partial charge in [0.05, 0.1) is 11.0 Å². The van der Waals surface area contributed by atoms with Crippen LogP contribution in [0.1, 0.15) is 24.2 Å². The predicted octanol–water partition coefficient (Wildman–Crippen LogP) is 2.74. The monoisotopic (exact) mass is 419 g/mol. The number of ether oxygens (including phenoxy) is 2. The number of rotatable bonds is 2. The Balaban J connectivity index is 1.54. The Morgan fingerprint density at radius 3 is 2.41 bits per heavy atom. The molecule has 6 nitrogen and oxygen atoms in total. The lowest BCUT2D eigenvalue weighted by molar-refractivity contribution is -0.144. The number of para-hydroxylation sites is 2. The first-order valence-electron chi connectivity index (χ1n) is 9.54. The molecule has 0 spiro atoms. The third kappa shape index (κ3) is 3.81. The average molecular weight is 419 g/mol. The Hall–Kier alpha value is -2.61. The molecule has 2 aliphatic rings. The minimum absolute atomic E-state index is 0.0420. The van der Waals surface area contributed by atoms with Crippen LogP contribution in [0.4, 0.5) is 4.39 Å². The molecule has 1 fully saturated rings. The van der Waals surface area contributed by atoms with Gasteiger partial charge in [-0.2, -0.15) is 0 Å². The molecular formula is C21H22FNO5S. The molecule has 0 radical (unpaired) electrons. The third-order valence-corrected chi connectivity index (χ3v) is 7.50. The molecule has 1 saturated heterocycles. The molecule has 2 aromatic rings. The standard InChI is InChI=1S/C21H22FNO5S/c1-14-20(28-18-9-5-4-8-17(18)27-14)21(24)23-11-10-19(29(25,26)13-12-23)15-6-2-3-7-16(15)22/h2-9,14,19-20H,10-13H2,1H3/t14-,19+,20-/m0/s1. The summed E-state index contributed by atoms with van der Waals surface area (Å²) in [4.78, 5) is 14.6. The van der Waals surface area contributed by atoms with Crippen LogP contribution in [0.2, 0.25) is 0 Å². The van der Waals surface area contributed by atoms with Gasteiger partial charge in [0.25, 0.3) is 5.91 Å². The summed E-state index contributed by atoms with van der Waals surface area (Å²) in [7, 11) is -3.60. The van der Waals surface area contributed by atoms with Crippen molar-refractivity contribution >= 4 is 15.7 Å². The topological polar surface area (TPSA) is 72.9 Å². The fraction of sp³-hybridized carbons (Fsp3) is 0.381. The second kappa shape index (κ2) is 7.67. The molecule has 3 atom stereocenters. The Morgan fingerprint density at radius 2 is 1.69 bits per heavy atom. The van der Waals surface area contributed by atoms with Crippen LogP contribution in [0.15, 0.2) is 48.5 Å². The number of carbonyl (C=O) groups excluding carboxylic acids is 1. The van der Waals surface area contributed by atoms with Crippen molar-refractivity contribution in [2.24, 2.45) is 0 Å². The van der Waals surface area contributed by atoms with E-state index in [0.29, 0.717) is 11.5 Å². The summed E-state index contributed by atoms with van der Waals surface area (Å²) in [5.74, 6) is -0.0414. The minimum atomic E-state index is -3.60. The summed E-state index contributed by atoms with van der Waals surface area (Å²) in [6.07, 6.45) is -1.25. The zero-order valence-corrected chi connectivity index (χ0v) is 16.8. The lowest BCUT2D eigenvalue weighted by Gasteiger charge is -2.34. The normalized spacial score (nSPS) is 25.9. The van der Waals surface area contributed by atoms with E-state index >= 15 is 0 Å². The van der Waals surface area contributed by atoms with E-state index in [0.717, 1.165) is 0 Å². The van der Waals surface area contributed by atoms with Crippen LogP contribution < -0.4 is 9.47 Å². The molecule has 2 aromatic carbocycles. The summed E-state index contributed by atoms with van der Waals surface area (Å²) in [5, 5.41) is -0.969. The van der Waals surface area contributed by atoms with Crippen molar-refractivity contribution in [1.82, 2.24) is 4.90 Å². The van der Waals surface area contributed by atoms with Gasteiger partial charge >= 0.3 is 0 Å². The summed E-state index contributed by atoms with van der Waals surface area (Å²) < 4.78 is 51.4. The van der Waals surface area contributed by atoms with Crippen molar-refractivity contribution < 1.29 is 27.1 Å². The predicted molar refractivity (Wildman–Crippen MR) is 105 cm³/mol. The summed E-state index contributed by atoms with van der Waals surface area (Å²) >= 11 is 0. The van der Waals surface area contributed by atoms with Gasteiger partial charge in [-0.1, -0.05) is 30.3 Å². The highest BCUT2D eigenvalue weighted by Gasteiger charge is 2.40. The number of halogens is 1. The van der Waals surface area contributed by atoms with Crippen molar-refractivity contribution in [2.45, 2.75) is 30.8 Å². The first-order chi connectivity index (χ1) is 13.9. The van der Waals surface area contributed by atoms with Gasteiger partial charge < -0.3 is 14.4 Å². The number of nitrogens with zero attached hydrogens (tertiary/aromatic N) is 1. The zero-order valence-electron chi connectivity index (χ0n) is 16.0. The fourth-order valence-electron chi connectivity index (χ4n) is 3.82. The molecule has 29 heavy (non-hydrogen) atoms. The van der Waals surface area contributed by atoms with Gasteiger partial charge in [-0.15, -0.1) is 0 Å². The van der Waals surface area contributed by atoms with Gasteiger partial charge in [0, 0.05) is 18.7 Å². The molecule has 0 bridgehead atoms. The minimum Gasteiger partial charge on any atom is -0.482 e. The maximum Gasteiger partial charge on any atom is 0.267 e. The van der Waals surface area contributed by atoms with Crippen LogP contribution in [0, 0.1) is 5.82 Å². The van der Waals surface area contributed by atoms with Crippen LogP contribution in [0.3, 0.4) is 0 Å². The van der Waals surface area contributed by atoms with Crippen LogP contribution in [-0.2, 0) is 14.6 Å². The van der Waals surface area contributed by atoms with Crippen molar-refractivity contribution in [3.05, 3.63) is 59.9 Å². The van der Waals surface area contributed by atoms with Gasteiger partial charge in [0.2, 0.25) is 6.10 Å². The van der Waals surface area contributed by atoms with Crippen LogP contribution in [0.25, 0.3) is 0 Å². The maximum absolute atomic E-state index is 14.2. The first-order valence-corrected chi connectivity index (χ1v) is 11.3. The Kier molecular flexibility index (Phi) is 5.21. The third-order valence-electron chi connectivity index (χ3n) is 5.39. The fourth-order valence-corrected chi connectivity index (χ4v) is 5.62. The number of sulfone groups is 1. The van der Waals surface area contributed by atoms with E-state index in [-0.39, 0.29) is 36.7 Å². The molecule has 0 aromatic heterocycles. The molecule has 2 heterocycles. The maximum atomic E-state index is 14.2. The molecule has 154 valence electrons. The van der Waals surface area contributed by atoms with E-state index in [1.807, 2.05) is 6.07 Å². The van der Waals surface area contributed by atoms with Gasteiger partial charge in [0.15, 0.2) is 21.3 Å². The second-order valence-corrected chi connectivity index (χ2v) is 9.60. The number of hydrogen-bond acceptors (Lipinski definition) is 5. The SMILES string of the molecule is C[C@@H]1Oc2ccccc2O[C@@H]1C(=O)N1CC[C@H](c2ccccc2F)S(=O)(=O)CC1. The highest BCUT2D eigenvalue weighted by Crippen LogP contribution is 2.35. The summed E-state index contributed by atoms with van der Waals surface area (Å²) in [6, 6.07) is 13.0. The van der Waals surface area contributed by atoms with E-state index in [4.69, 9.17) is 9.47 Å². The molecule has 0 N–H and O–H groups in total. The van der Waals surface area contributed by atoms with Crippen molar-refractivity contribution in [3.8, 4) is 11.5 Å². The number of fused-ring (bicyclic) bond motifs is 1. The molecular weight excluding hydrogens is 397 g/mol. The molecule has 2 aliphatic heterocycles. The summed E-state index contributed by atoms with van der Waals surface area (Å²) in [6.45, 7) is 1.99. The van der Waals surface area contributed by atoms with Crippen molar-refractivity contribution in [2.75, 3.05) is 18.8 Å². The Morgan fingerprint density at radius 1 is 1.03 bits per heavy atom. The summed E-state index contributed by atoms with van der Waals surface area (Å²) in [5.41, 5.74) is 0.154. The van der Waals surface area contributed by atoms with Gasteiger partial charge in [-0.25, -0.2) is 12.8 Å². The van der Waals surface area contributed by atoms with Crippen molar-refractivity contribution in [3.63, 3.8) is 0 Å². The smallest absolute Gasteiger partial charge is 0.267 e. The van der Waals surface area contributed by atoms with Gasteiger partial charge in [-0.05, 0) is 31.5 Å². The van der Waals surface area contributed by atoms with E-state index in [1.54, 1.807) is 31.2 Å². The van der Waals surface area contributed by atoms with E-state index < -0.39 is 33.1 Å². The molecule has 4 rings (SSSR count). The second-order valence-electron chi connectivity index (χ2n) is 7.30. The van der Waals surface area contributed by atoms with E-state index in [1.165, 1.54) is 23.1 Å². The quantitative estimate of drug-likeness (QED) is 0.749. The highest BCUT2D eigenvalue weighted by atomic mass is 32.2. The highest BCUT2D eigenvalue weighted by molar-refractivity contribution is 7.91. The van der Waals surface area contributed by atoms with Crippen molar-refractivity contribution in [1.29, 1.82) is 0 Å². The molecule has 0 unspecified atom stereocenters. The van der Waals surface area contributed by atoms with Gasteiger partial charge in [0.1, 0.15) is 11.9 Å². The molecule has 0 aliphatic carbocycles. The number of carbonyl (C=O) groups is 1. The Labute approximate surface area is 169 Å². The number of hydrogen-bond donors (Lipinski definition) is 0. The first kappa shape index (κ1) is 19.7. The lowest BCUT2D eigenvalue weighted by atomic mass is 10.1. The Bertz CT molecular complexity index is 1030. The molecule has 1 amide bonds. The number of amides is 1. The molecule has 0 saturated carbocycles. The zero-order chi connectivity index (χ0) is 20.6. The van der Waals surface area contributed by atoms with E-state index in [2.05, 4.69) is 0 Å². The van der Waals surface area contributed by atoms with Gasteiger partial charge in [-0.3, -0.25) is 4.79 Å². The van der Waals surface area contributed by atoms with Crippen LogP contribution >= 0.6 is 0 Å². The number of benzene rings is 2. The van der Waals surface area contributed by atoms with Crippen LogP contribution in [0.5, 0.6) is 11.5 Å². The average Bonchev–Trinajstić information content (AvgIpc) is 2.85.